The van der Waals surface area contributed by atoms with E-state index in [2.05, 4.69) is 32.4 Å². The Hall–Kier alpha value is -4.43. The smallest absolute Gasteiger partial charge is 0.396 e. The lowest BCUT2D eigenvalue weighted by Crippen LogP contribution is -2.18. The number of nitrogen functional groups attached to an aromatic ring is 1. The van der Waals surface area contributed by atoms with E-state index < -0.39 is 11.7 Å². The van der Waals surface area contributed by atoms with Gasteiger partial charge in [-0.25, -0.2) is 9.97 Å². The molecule has 206 valence electrons. The molecule has 11 heteroatoms. The summed E-state index contributed by atoms with van der Waals surface area (Å²) >= 11 is 0. The summed E-state index contributed by atoms with van der Waals surface area (Å²) in [6, 6.07) is 9.37. The Bertz CT molecular complexity index is 1380. The number of carbonyl (C=O) groups excluding carboxylic acids is 1. The first kappa shape index (κ1) is 30.8. The zero-order chi connectivity index (χ0) is 29.2. The van der Waals surface area contributed by atoms with E-state index in [4.69, 9.17) is 16.2 Å². The number of hydrogen-bond acceptors (Lipinski definition) is 8. The van der Waals surface area contributed by atoms with Crippen LogP contribution in [0.25, 0.3) is 0 Å². The molecule has 1 aromatic heterocycles. The van der Waals surface area contributed by atoms with E-state index >= 15 is 0 Å². The molecule has 0 unspecified atom stereocenters. The molecule has 1 heterocycles. The minimum Gasteiger partial charge on any atom is -0.396 e. The lowest BCUT2D eigenvalue weighted by atomic mass is 10.1. The molecule has 39 heavy (non-hydrogen) atoms. The number of hydrogen-bond donors (Lipinski definition) is 5. The molecule has 0 aliphatic heterocycles. The van der Waals surface area contributed by atoms with E-state index in [1.165, 1.54) is 25.4 Å². The average molecular weight is 541 g/mol. The van der Waals surface area contributed by atoms with Crippen molar-refractivity contribution in [1.29, 1.82) is 5.41 Å². The van der Waals surface area contributed by atoms with E-state index in [1.807, 2.05) is 39.1 Å². The average Bonchev–Trinajstić information content (AvgIpc) is 2.91. The van der Waals surface area contributed by atoms with Crippen molar-refractivity contribution in [2.75, 3.05) is 36.6 Å². The van der Waals surface area contributed by atoms with Crippen molar-refractivity contribution in [2.45, 2.75) is 26.9 Å². The number of aliphatic hydroxyl groups excluding tert-OH is 1. The third-order valence-electron chi connectivity index (χ3n) is 5.61. The van der Waals surface area contributed by atoms with Crippen molar-refractivity contribution in [3.05, 3.63) is 76.1 Å². The van der Waals surface area contributed by atoms with Gasteiger partial charge in [0.1, 0.15) is 30.0 Å². The molecule has 8 nitrogen and oxygen atoms in total. The standard InChI is InChI=1S/C19H24N6O.C9H7F3O/c1-12(10-26)9-23-19-17(18(21)24-11-25-19)16(20)7-5-14-8-15(22-3)6-4-13(14)2;1-6-2-3-7(5-13)4-8(6)9(10,11)12/h4,6,8,11-12,20,22,26H,9-10H2,1-3H3,(H3,21,23,24,25);2-5H,1H3/t12-;/m0./s1. The van der Waals surface area contributed by atoms with Crippen LogP contribution in [-0.4, -0.2) is 47.3 Å². The zero-order valence-electron chi connectivity index (χ0n) is 22.1. The van der Waals surface area contributed by atoms with Crippen LogP contribution in [0.4, 0.5) is 30.5 Å². The molecule has 2 aromatic carbocycles. The van der Waals surface area contributed by atoms with Gasteiger partial charge < -0.3 is 21.5 Å². The van der Waals surface area contributed by atoms with E-state index in [1.54, 1.807) is 0 Å². The minimum atomic E-state index is -4.39. The Morgan fingerprint density at radius 3 is 2.49 bits per heavy atom. The highest BCUT2D eigenvalue weighted by molar-refractivity contribution is 6.16. The number of aliphatic hydroxyl groups is 1. The molecule has 3 aromatic rings. The molecular weight excluding hydrogens is 509 g/mol. The minimum absolute atomic E-state index is 0.0384. The van der Waals surface area contributed by atoms with Gasteiger partial charge in [0.15, 0.2) is 0 Å². The Morgan fingerprint density at radius 1 is 1.18 bits per heavy atom. The van der Waals surface area contributed by atoms with Gasteiger partial charge in [-0.2, -0.15) is 13.2 Å². The molecule has 0 fully saturated rings. The van der Waals surface area contributed by atoms with Gasteiger partial charge in [0.25, 0.3) is 0 Å². The maximum atomic E-state index is 12.2. The molecule has 1 atom stereocenters. The van der Waals surface area contributed by atoms with Crippen LogP contribution in [0, 0.1) is 37.0 Å². The molecule has 0 saturated carbocycles. The zero-order valence-corrected chi connectivity index (χ0v) is 22.1. The SMILES string of the molecule is CNc1ccc(C)c(C#CC(=N)c2c(N)ncnc2NC[C@H](C)CO)c1.Cc1ccc(C=O)cc1C(F)(F)F. The fraction of sp³-hybridized carbons (Fsp3) is 0.286. The van der Waals surface area contributed by atoms with Crippen molar-refractivity contribution in [3.63, 3.8) is 0 Å². The molecule has 0 amide bonds. The van der Waals surface area contributed by atoms with Crippen LogP contribution < -0.4 is 16.4 Å². The van der Waals surface area contributed by atoms with Gasteiger partial charge in [-0.3, -0.25) is 10.2 Å². The summed E-state index contributed by atoms with van der Waals surface area (Å²) in [7, 11) is 1.84. The third-order valence-corrected chi connectivity index (χ3v) is 5.61. The molecule has 0 spiro atoms. The third kappa shape index (κ3) is 8.83. The number of halogens is 3. The predicted molar refractivity (Wildman–Crippen MR) is 147 cm³/mol. The molecular formula is C28H31F3N6O2. The maximum absolute atomic E-state index is 12.2. The summed E-state index contributed by atoms with van der Waals surface area (Å²) in [5, 5.41) is 23.7. The highest BCUT2D eigenvalue weighted by Crippen LogP contribution is 2.32. The van der Waals surface area contributed by atoms with Gasteiger partial charge in [-0.05, 0) is 55.0 Å². The van der Waals surface area contributed by atoms with Crippen molar-refractivity contribution < 1.29 is 23.1 Å². The summed E-state index contributed by atoms with van der Waals surface area (Å²) in [5.41, 5.74) is 8.57. The number of alkyl halides is 3. The number of benzene rings is 2. The summed E-state index contributed by atoms with van der Waals surface area (Å²) in [4.78, 5) is 18.4. The van der Waals surface area contributed by atoms with Crippen LogP contribution in [0.3, 0.4) is 0 Å². The van der Waals surface area contributed by atoms with Crippen LogP contribution >= 0.6 is 0 Å². The summed E-state index contributed by atoms with van der Waals surface area (Å²) in [6.45, 7) is 5.79. The van der Waals surface area contributed by atoms with E-state index in [0.717, 1.165) is 22.9 Å². The van der Waals surface area contributed by atoms with Crippen LogP contribution in [0.2, 0.25) is 0 Å². The van der Waals surface area contributed by atoms with Gasteiger partial charge in [0.2, 0.25) is 0 Å². The molecule has 6 N–H and O–H groups in total. The molecule has 0 saturated heterocycles. The second-order valence-corrected chi connectivity index (χ2v) is 8.75. The number of nitrogens with one attached hydrogen (secondary N) is 3. The number of anilines is 3. The van der Waals surface area contributed by atoms with E-state index in [0.29, 0.717) is 24.2 Å². The van der Waals surface area contributed by atoms with E-state index in [-0.39, 0.29) is 35.2 Å². The van der Waals surface area contributed by atoms with Crippen LogP contribution in [0.15, 0.2) is 42.7 Å². The first-order valence-corrected chi connectivity index (χ1v) is 11.9. The Kier molecular flexibility index (Phi) is 11.0. The number of carbonyl (C=O) groups is 1. The highest BCUT2D eigenvalue weighted by atomic mass is 19.4. The first-order valence-electron chi connectivity index (χ1n) is 11.9. The number of nitrogens with zero attached hydrogens (tertiary/aromatic N) is 2. The first-order chi connectivity index (χ1) is 18.4. The highest BCUT2D eigenvalue weighted by Gasteiger charge is 2.32. The largest absolute Gasteiger partial charge is 0.416 e. The number of aromatic nitrogens is 2. The lowest BCUT2D eigenvalue weighted by Gasteiger charge is -2.13. The normalized spacial score (nSPS) is 11.3. The van der Waals surface area contributed by atoms with Gasteiger partial charge in [-0.1, -0.05) is 31.0 Å². The number of aryl methyl sites for hydroxylation is 2. The van der Waals surface area contributed by atoms with Crippen LogP contribution in [-0.2, 0) is 6.18 Å². The monoisotopic (exact) mass is 540 g/mol. The van der Waals surface area contributed by atoms with Crippen molar-refractivity contribution in [2.24, 2.45) is 5.92 Å². The molecule has 0 aliphatic carbocycles. The fourth-order valence-electron chi connectivity index (χ4n) is 3.24. The number of nitrogens with two attached hydrogens (primary N) is 1. The lowest BCUT2D eigenvalue weighted by molar-refractivity contribution is -0.138. The van der Waals surface area contributed by atoms with Crippen molar-refractivity contribution >= 4 is 29.3 Å². The topological polar surface area (TPSA) is 137 Å². The van der Waals surface area contributed by atoms with E-state index in [9.17, 15) is 18.0 Å². The molecule has 3 rings (SSSR count). The molecule has 0 radical (unpaired) electrons. The Morgan fingerprint density at radius 2 is 1.87 bits per heavy atom. The fourth-order valence-corrected chi connectivity index (χ4v) is 3.24. The van der Waals surface area contributed by atoms with Gasteiger partial charge in [0, 0.05) is 37.0 Å². The quantitative estimate of drug-likeness (QED) is 0.167. The Labute approximate surface area is 225 Å². The summed E-state index contributed by atoms with van der Waals surface area (Å²) < 4.78 is 36.7. The van der Waals surface area contributed by atoms with Gasteiger partial charge >= 0.3 is 6.18 Å². The molecule has 0 bridgehead atoms. The van der Waals surface area contributed by atoms with Crippen molar-refractivity contribution in [1.82, 2.24) is 9.97 Å². The second-order valence-electron chi connectivity index (χ2n) is 8.75. The van der Waals surface area contributed by atoms with Gasteiger partial charge in [0.05, 0.1) is 11.1 Å². The summed E-state index contributed by atoms with van der Waals surface area (Å²) in [5.74, 6) is 6.55. The molecule has 0 aliphatic rings. The predicted octanol–water partition coefficient (Wildman–Crippen LogP) is 4.70. The van der Waals surface area contributed by atoms with Crippen LogP contribution in [0.5, 0.6) is 0 Å². The van der Waals surface area contributed by atoms with Crippen molar-refractivity contribution in [3.8, 4) is 11.8 Å². The Balaban J connectivity index is 0.000000344. The van der Waals surface area contributed by atoms with Gasteiger partial charge in [-0.15, -0.1) is 0 Å². The number of rotatable bonds is 7. The summed E-state index contributed by atoms with van der Waals surface area (Å²) in [6.07, 6.45) is -2.65. The van der Waals surface area contributed by atoms with Crippen LogP contribution in [0.1, 0.15) is 45.1 Å². The number of aldehydes is 1. The second kappa shape index (κ2) is 13.9. The maximum Gasteiger partial charge on any atom is 0.416 e.